The second-order valence-electron chi connectivity index (χ2n) is 6.26. The molecule has 0 aliphatic rings. The Labute approximate surface area is 130 Å². The molecule has 1 aromatic heterocycles. The van der Waals surface area contributed by atoms with Gasteiger partial charge in [-0.1, -0.05) is 0 Å². The van der Waals surface area contributed by atoms with Gasteiger partial charge in [-0.15, -0.1) is 0 Å². The van der Waals surface area contributed by atoms with E-state index in [1.54, 1.807) is 40.7 Å². The van der Waals surface area contributed by atoms with Crippen LogP contribution >= 0.6 is 0 Å². The third-order valence-corrected chi connectivity index (χ3v) is 2.99. The van der Waals surface area contributed by atoms with E-state index in [1.165, 1.54) is 0 Å². The quantitative estimate of drug-likeness (QED) is 0.663. The number of hydrogen-bond donors (Lipinski definition) is 4. The van der Waals surface area contributed by atoms with Crippen molar-refractivity contribution in [2.24, 2.45) is 0 Å². The number of amides is 1. The molecule has 0 saturated heterocycles. The van der Waals surface area contributed by atoms with Gasteiger partial charge in [0.05, 0.1) is 0 Å². The third kappa shape index (κ3) is 5.16. The molecule has 0 spiro atoms. The molecule has 0 aromatic carbocycles. The average molecular weight is 311 g/mol. The highest BCUT2D eigenvalue weighted by atomic mass is 16.6. The van der Waals surface area contributed by atoms with Crippen molar-refractivity contribution in [1.82, 2.24) is 10.3 Å². The minimum absolute atomic E-state index is 0.140. The second kappa shape index (κ2) is 6.93. The number of rotatable bonds is 4. The predicted octanol–water partition coefficient (Wildman–Crippen LogP) is 1.20. The summed E-state index contributed by atoms with van der Waals surface area (Å²) in [4.78, 5) is 15.6. The van der Waals surface area contributed by atoms with Crippen molar-refractivity contribution in [3.8, 4) is 0 Å². The molecule has 2 atom stereocenters. The molecule has 0 aliphatic carbocycles. The highest BCUT2D eigenvalue weighted by molar-refractivity contribution is 5.67. The molecule has 1 rings (SSSR count). The predicted molar refractivity (Wildman–Crippen MR) is 83.3 cm³/mol. The number of hydrogen-bond acceptors (Lipinski definition) is 6. The zero-order valence-corrected chi connectivity index (χ0v) is 13.7. The maximum atomic E-state index is 11.5. The molecule has 1 heterocycles. The van der Waals surface area contributed by atoms with Crippen molar-refractivity contribution in [3.63, 3.8) is 0 Å². The minimum atomic E-state index is -1.18. The third-order valence-electron chi connectivity index (χ3n) is 2.99. The Hall–Kier alpha value is -1.86. The smallest absolute Gasteiger partial charge is 0.407 e. The lowest BCUT2D eigenvalue weighted by Gasteiger charge is -2.23. The number of nitrogen functional groups attached to an aromatic ring is 1. The Kier molecular flexibility index (Phi) is 5.73. The minimum Gasteiger partial charge on any atom is -0.444 e. The summed E-state index contributed by atoms with van der Waals surface area (Å²) in [6.07, 6.45) is -3.01. The van der Waals surface area contributed by atoms with Gasteiger partial charge in [-0.25, -0.2) is 9.78 Å². The fourth-order valence-corrected chi connectivity index (χ4v) is 2.12. The van der Waals surface area contributed by atoms with Crippen LogP contribution in [0.1, 0.15) is 43.7 Å². The maximum absolute atomic E-state index is 11.5. The Morgan fingerprint density at radius 1 is 1.41 bits per heavy atom. The molecule has 1 amide bonds. The van der Waals surface area contributed by atoms with Gasteiger partial charge in [-0.2, -0.15) is 0 Å². The van der Waals surface area contributed by atoms with E-state index in [0.29, 0.717) is 17.1 Å². The van der Waals surface area contributed by atoms with E-state index >= 15 is 0 Å². The van der Waals surface area contributed by atoms with E-state index in [2.05, 4.69) is 10.3 Å². The Balaban J connectivity index is 2.70. The number of carbonyl (C=O) groups is 1. The lowest BCUT2D eigenvalue weighted by atomic mass is 9.98. The number of aliphatic hydroxyl groups excluding tert-OH is 2. The molecule has 0 saturated carbocycles. The molecule has 5 N–H and O–H groups in total. The van der Waals surface area contributed by atoms with E-state index in [9.17, 15) is 15.0 Å². The topological polar surface area (TPSA) is 118 Å². The molecule has 7 heteroatoms. The van der Waals surface area contributed by atoms with Gasteiger partial charge in [-0.3, -0.25) is 0 Å². The highest BCUT2D eigenvalue weighted by Gasteiger charge is 2.24. The van der Waals surface area contributed by atoms with E-state index in [4.69, 9.17) is 10.5 Å². The zero-order chi connectivity index (χ0) is 17.1. The normalized spacial score (nSPS) is 14.3. The standard InChI is InChI=1S/C15H25N3O4/c1-8-6-11(16)18-9(2)12(8)13(20)10(19)7-17-14(21)22-15(3,4)5/h6,10,13,19-20H,7H2,1-5H3,(H2,16,18)(H,17,21). The van der Waals surface area contributed by atoms with E-state index in [0.717, 1.165) is 5.56 Å². The van der Waals surface area contributed by atoms with Crippen LogP contribution in [-0.2, 0) is 4.74 Å². The summed E-state index contributed by atoms with van der Waals surface area (Å²) in [5.74, 6) is 0.354. The van der Waals surface area contributed by atoms with Crippen molar-refractivity contribution in [1.29, 1.82) is 0 Å². The molecule has 7 nitrogen and oxygen atoms in total. The van der Waals surface area contributed by atoms with Crippen molar-refractivity contribution in [2.75, 3.05) is 12.3 Å². The van der Waals surface area contributed by atoms with Gasteiger partial charge in [-0.05, 0) is 46.2 Å². The van der Waals surface area contributed by atoms with Gasteiger partial charge in [0.2, 0.25) is 0 Å². The molecular weight excluding hydrogens is 286 g/mol. The first-order valence-electron chi connectivity index (χ1n) is 7.08. The van der Waals surface area contributed by atoms with E-state index in [1.807, 2.05) is 0 Å². The van der Waals surface area contributed by atoms with Gasteiger partial charge in [0.15, 0.2) is 0 Å². The van der Waals surface area contributed by atoms with Crippen LogP contribution in [0.5, 0.6) is 0 Å². The summed E-state index contributed by atoms with van der Waals surface area (Å²) < 4.78 is 5.07. The largest absolute Gasteiger partial charge is 0.444 e. The first kappa shape index (κ1) is 18.2. The number of aryl methyl sites for hydroxylation is 2. The monoisotopic (exact) mass is 311 g/mol. The molecule has 0 fully saturated rings. The van der Waals surface area contributed by atoms with E-state index in [-0.39, 0.29) is 6.54 Å². The number of pyridine rings is 1. The number of aromatic nitrogens is 1. The number of nitrogens with two attached hydrogens (primary N) is 1. The molecular formula is C15H25N3O4. The number of anilines is 1. The molecule has 1 aromatic rings. The summed E-state index contributed by atoms with van der Waals surface area (Å²) in [5.41, 5.74) is 6.79. The van der Waals surface area contributed by atoms with Crippen LogP contribution in [0.3, 0.4) is 0 Å². The number of alkyl carbamates (subject to hydrolysis) is 1. The summed E-state index contributed by atoms with van der Waals surface area (Å²) in [6.45, 7) is 8.56. The number of aliphatic hydroxyl groups is 2. The van der Waals surface area contributed by atoms with Gasteiger partial charge in [0, 0.05) is 17.8 Å². The average Bonchev–Trinajstić information content (AvgIpc) is 2.32. The lowest BCUT2D eigenvalue weighted by molar-refractivity contribution is 0.0122. The van der Waals surface area contributed by atoms with Crippen LogP contribution in [-0.4, -0.2) is 39.5 Å². The maximum Gasteiger partial charge on any atom is 0.407 e. The first-order chi connectivity index (χ1) is 10.0. The summed E-state index contributed by atoms with van der Waals surface area (Å²) in [5, 5.41) is 22.7. The molecule has 124 valence electrons. The summed E-state index contributed by atoms with van der Waals surface area (Å²) >= 11 is 0. The van der Waals surface area contributed by atoms with Crippen LogP contribution in [0.15, 0.2) is 6.07 Å². The van der Waals surface area contributed by atoms with Gasteiger partial charge >= 0.3 is 6.09 Å². The molecule has 0 aliphatic heterocycles. The second-order valence-corrected chi connectivity index (χ2v) is 6.26. The molecule has 0 bridgehead atoms. The van der Waals surface area contributed by atoms with Gasteiger partial charge in [0.1, 0.15) is 23.6 Å². The van der Waals surface area contributed by atoms with Crippen LogP contribution in [0.2, 0.25) is 0 Å². The SMILES string of the molecule is Cc1cc(N)nc(C)c1C(O)C(O)CNC(=O)OC(C)(C)C. The highest BCUT2D eigenvalue weighted by Crippen LogP contribution is 2.24. The fourth-order valence-electron chi connectivity index (χ4n) is 2.12. The molecule has 0 radical (unpaired) electrons. The van der Waals surface area contributed by atoms with Crippen molar-refractivity contribution >= 4 is 11.9 Å². The molecule has 22 heavy (non-hydrogen) atoms. The van der Waals surface area contributed by atoms with E-state index < -0.39 is 23.9 Å². The first-order valence-corrected chi connectivity index (χ1v) is 7.08. The van der Waals surface area contributed by atoms with Crippen molar-refractivity contribution in [3.05, 3.63) is 22.9 Å². The number of nitrogens with zero attached hydrogens (tertiary/aromatic N) is 1. The van der Waals surface area contributed by atoms with Crippen molar-refractivity contribution in [2.45, 2.75) is 52.4 Å². The van der Waals surface area contributed by atoms with Crippen LogP contribution < -0.4 is 11.1 Å². The summed E-state index contributed by atoms with van der Waals surface area (Å²) in [7, 11) is 0. The number of nitrogens with one attached hydrogen (secondary N) is 1. The van der Waals surface area contributed by atoms with Crippen LogP contribution in [0.25, 0.3) is 0 Å². The molecule has 2 unspecified atom stereocenters. The van der Waals surface area contributed by atoms with Gasteiger partial charge in [0.25, 0.3) is 0 Å². The Bertz CT molecular complexity index is 517. The fraction of sp³-hybridized carbons (Fsp3) is 0.600. The van der Waals surface area contributed by atoms with Crippen LogP contribution in [0, 0.1) is 13.8 Å². The summed E-state index contributed by atoms with van der Waals surface area (Å²) in [6, 6.07) is 1.62. The Morgan fingerprint density at radius 3 is 2.50 bits per heavy atom. The Morgan fingerprint density at radius 2 is 2.00 bits per heavy atom. The number of carbonyl (C=O) groups excluding carboxylic acids is 1. The van der Waals surface area contributed by atoms with Gasteiger partial charge < -0.3 is 26.0 Å². The van der Waals surface area contributed by atoms with Crippen molar-refractivity contribution < 1.29 is 19.7 Å². The van der Waals surface area contributed by atoms with Crippen LogP contribution in [0.4, 0.5) is 10.6 Å². The number of ether oxygens (including phenoxy) is 1. The zero-order valence-electron chi connectivity index (χ0n) is 13.7. The lowest BCUT2D eigenvalue weighted by Crippen LogP contribution is -2.39.